The van der Waals surface area contributed by atoms with Gasteiger partial charge < -0.3 is 4.74 Å². The number of sulfonamides is 1. The molecule has 0 saturated heterocycles. The highest BCUT2D eigenvalue weighted by molar-refractivity contribution is 7.89. The molecule has 0 fully saturated rings. The van der Waals surface area contributed by atoms with E-state index in [1.54, 1.807) is 0 Å². The van der Waals surface area contributed by atoms with Crippen molar-refractivity contribution in [3.63, 3.8) is 0 Å². The maximum absolute atomic E-state index is 13.7. The first-order valence-corrected chi connectivity index (χ1v) is 8.88. The van der Waals surface area contributed by atoms with Gasteiger partial charge in [0.2, 0.25) is 10.0 Å². The third-order valence-electron chi connectivity index (χ3n) is 3.63. The lowest BCUT2D eigenvalue weighted by Crippen LogP contribution is -2.42. The molecule has 0 aliphatic heterocycles. The van der Waals surface area contributed by atoms with Crippen LogP contribution >= 0.6 is 0 Å². The highest BCUT2D eigenvalue weighted by Gasteiger charge is 2.48. The first-order valence-electron chi connectivity index (χ1n) is 7.44. The largest absolute Gasteiger partial charge is 0.497 e. The van der Waals surface area contributed by atoms with E-state index in [0.717, 1.165) is 24.5 Å². The molecule has 0 radical (unpaired) electrons. The number of halogens is 4. The van der Waals surface area contributed by atoms with Crippen LogP contribution in [0, 0.1) is 5.82 Å². The SMILES string of the molecule is CCN([C@H](c1ccc(OC)cc1)C(F)(F)F)S(=O)(=O)c1cncc(F)c1. The van der Waals surface area contributed by atoms with Gasteiger partial charge in [-0.3, -0.25) is 4.98 Å². The maximum Gasteiger partial charge on any atom is 0.409 e. The summed E-state index contributed by atoms with van der Waals surface area (Å²) in [5.74, 6) is -0.634. The number of benzene rings is 1. The third kappa shape index (κ3) is 4.13. The molecule has 0 N–H and O–H groups in total. The summed E-state index contributed by atoms with van der Waals surface area (Å²) in [7, 11) is -3.28. The molecule has 0 saturated carbocycles. The van der Waals surface area contributed by atoms with Gasteiger partial charge in [0.1, 0.15) is 22.5 Å². The quantitative estimate of drug-likeness (QED) is 0.706. The fraction of sp³-hybridized carbons (Fsp3) is 0.312. The summed E-state index contributed by atoms with van der Waals surface area (Å²) in [6, 6.07) is 3.08. The van der Waals surface area contributed by atoms with Crippen LogP contribution in [0.15, 0.2) is 47.6 Å². The van der Waals surface area contributed by atoms with Gasteiger partial charge in [0.25, 0.3) is 0 Å². The van der Waals surface area contributed by atoms with E-state index in [4.69, 9.17) is 4.74 Å². The van der Waals surface area contributed by atoms with Gasteiger partial charge >= 0.3 is 6.18 Å². The van der Waals surface area contributed by atoms with Gasteiger partial charge in [-0.05, 0) is 23.8 Å². The fourth-order valence-electron chi connectivity index (χ4n) is 2.46. The molecule has 0 aliphatic carbocycles. The van der Waals surface area contributed by atoms with E-state index in [0.29, 0.717) is 11.8 Å². The number of alkyl halides is 3. The van der Waals surface area contributed by atoms with E-state index in [-0.39, 0.29) is 9.87 Å². The van der Waals surface area contributed by atoms with Gasteiger partial charge in [0.05, 0.1) is 13.3 Å². The monoisotopic (exact) mass is 392 g/mol. The van der Waals surface area contributed by atoms with Crippen LogP contribution in [0.1, 0.15) is 18.5 Å². The summed E-state index contributed by atoms with van der Waals surface area (Å²) >= 11 is 0. The molecule has 2 aromatic rings. The highest BCUT2D eigenvalue weighted by atomic mass is 32.2. The minimum absolute atomic E-state index is 0.269. The van der Waals surface area contributed by atoms with Gasteiger partial charge in [0, 0.05) is 12.7 Å². The van der Waals surface area contributed by atoms with Crippen LogP contribution in [0.4, 0.5) is 17.6 Å². The Bertz CT molecular complexity index is 855. The maximum atomic E-state index is 13.7. The van der Waals surface area contributed by atoms with E-state index < -0.39 is 39.5 Å². The smallest absolute Gasteiger partial charge is 0.409 e. The Morgan fingerprint density at radius 2 is 1.81 bits per heavy atom. The summed E-state index contributed by atoms with van der Waals surface area (Å²) in [6.07, 6.45) is -3.32. The van der Waals surface area contributed by atoms with E-state index in [1.807, 2.05) is 0 Å². The van der Waals surface area contributed by atoms with Crippen molar-refractivity contribution in [3.05, 3.63) is 54.1 Å². The van der Waals surface area contributed by atoms with Gasteiger partial charge in [-0.15, -0.1) is 0 Å². The van der Waals surface area contributed by atoms with Crippen LogP contribution in [0.25, 0.3) is 0 Å². The molecule has 0 amide bonds. The summed E-state index contributed by atoms with van der Waals surface area (Å²) in [5, 5.41) is 0. The molecule has 5 nitrogen and oxygen atoms in total. The Morgan fingerprint density at radius 3 is 2.27 bits per heavy atom. The molecule has 142 valence electrons. The summed E-state index contributed by atoms with van der Waals surface area (Å²) in [4.78, 5) is 2.75. The molecular weight excluding hydrogens is 376 g/mol. The van der Waals surface area contributed by atoms with Gasteiger partial charge in [-0.2, -0.15) is 17.5 Å². The zero-order chi connectivity index (χ0) is 19.5. The van der Waals surface area contributed by atoms with Gasteiger partial charge in [-0.25, -0.2) is 12.8 Å². The highest BCUT2D eigenvalue weighted by Crippen LogP contribution is 2.40. The van der Waals surface area contributed by atoms with E-state index in [2.05, 4.69) is 4.98 Å². The molecule has 0 bridgehead atoms. The zero-order valence-electron chi connectivity index (χ0n) is 13.9. The summed E-state index contributed by atoms with van der Waals surface area (Å²) in [6.45, 7) is 0.793. The number of hydrogen-bond donors (Lipinski definition) is 0. The van der Waals surface area contributed by atoms with Gasteiger partial charge in [-0.1, -0.05) is 19.1 Å². The molecule has 1 heterocycles. The average molecular weight is 392 g/mol. The summed E-state index contributed by atoms with van der Waals surface area (Å²) in [5.41, 5.74) is -0.284. The Kier molecular flexibility index (Phi) is 5.87. The number of nitrogens with zero attached hydrogens (tertiary/aromatic N) is 2. The minimum Gasteiger partial charge on any atom is -0.497 e. The predicted octanol–water partition coefficient (Wildman–Crippen LogP) is 3.54. The van der Waals surface area contributed by atoms with Crippen molar-refractivity contribution in [3.8, 4) is 5.75 Å². The van der Waals surface area contributed by atoms with Crippen LogP contribution in [0.2, 0.25) is 0 Å². The number of ether oxygens (including phenoxy) is 1. The Hall–Kier alpha value is -2.20. The van der Waals surface area contributed by atoms with Crippen LogP contribution in [0.5, 0.6) is 5.75 Å². The number of aromatic nitrogens is 1. The standard InChI is InChI=1S/C16H16F4N2O3S/c1-3-22(26(23,24)14-8-12(17)9-21-10-14)15(16(18,19)20)11-4-6-13(25-2)7-5-11/h4-10,15H,3H2,1-2H3/t15-/m1/s1. The van der Waals surface area contributed by atoms with Crippen LogP contribution in [-0.2, 0) is 10.0 Å². The van der Waals surface area contributed by atoms with E-state index in [9.17, 15) is 26.0 Å². The Labute approximate surface area is 148 Å². The van der Waals surface area contributed by atoms with Gasteiger partial charge in [0.15, 0.2) is 0 Å². The average Bonchev–Trinajstić information content (AvgIpc) is 2.58. The van der Waals surface area contributed by atoms with Crippen molar-refractivity contribution in [2.75, 3.05) is 13.7 Å². The lowest BCUT2D eigenvalue weighted by atomic mass is 10.1. The van der Waals surface area contributed by atoms with Crippen LogP contribution in [0.3, 0.4) is 0 Å². The first-order chi connectivity index (χ1) is 12.1. The van der Waals surface area contributed by atoms with Crippen molar-refractivity contribution in [2.45, 2.75) is 24.0 Å². The van der Waals surface area contributed by atoms with Crippen LogP contribution in [-0.4, -0.2) is 37.5 Å². The Balaban J connectivity index is 2.57. The molecule has 10 heteroatoms. The molecular formula is C16H16F4N2O3S. The minimum atomic E-state index is -4.89. The number of methoxy groups -OCH3 is 1. The lowest BCUT2D eigenvalue weighted by molar-refractivity contribution is -0.173. The molecule has 1 aromatic heterocycles. The van der Waals surface area contributed by atoms with E-state index >= 15 is 0 Å². The fourth-order valence-corrected chi connectivity index (χ4v) is 4.05. The first kappa shape index (κ1) is 20.1. The number of hydrogen-bond acceptors (Lipinski definition) is 4. The van der Waals surface area contributed by atoms with Crippen molar-refractivity contribution < 1.29 is 30.7 Å². The summed E-state index contributed by atoms with van der Waals surface area (Å²) < 4.78 is 85.1. The van der Waals surface area contributed by atoms with Crippen LogP contribution < -0.4 is 4.74 Å². The molecule has 2 rings (SSSR count). The molecule has 0 aliphatic rings. The number of rotatable bonds is 6. The van der Waals surface area contributed by atoms with Crippen molar-refractivity contribution in [1.82, 2.24) is 9.29 Å². The number of pyridine rings is 1. The lowest BCUT2D eigenvalue weighted by Gasteiger charge is -2.31. The van der Waals surface area contributed by atoms with Crippen molar-refractivity contribution in [1.29, 1.82) is 0 Å². The zero-order valence-corrected chi connectivity index (χ0v) is 14.7. The van der Waals surface area contributed by atoms with Crippen molar-refractivity contribution >= 4 is 10.0 Å². The van der Waals surface area contributed by atoms with E-state index in [1.165, 1.54) is 26.2 Å². The second-order valence-corrected chi connectivity index (χ2v) is 7.16. The Morgan fingerprint density at radius 1 is 1.19 bits per heavy atom. The molecule has 0 unspecified atom stereocenters. The second kappa shape index (κ2) is 7.58. The topological polar surface area (TPSA) is 59.5 Å². The normalized spacial score (nSPS) is 13.7. The third-order valence-corrected chi connectivity index (χ3v) is 5.53. The molecule has 0 spiro atoms. The molecule has 1 aromatic carbocycles. The molecule has 1 atom stereocenters. The second-order valence-electron chi connectivity index (χ2n) is 5.26. The van der Waals surface area contributed by atoms with Crippen molar-refractivity contribution in [2.24, 2.45) is 0 Å². The predicted molar refractivity (Wildman–Crippen MR) is 85.6 cm³/mol. The molecule has 26 heavy (non-hydrogen) atoms.